The molecular weight excluding hydrogens is 256 g/mol. The van der Waals surface area contributed by atoms with Crippen molar-refractivity contribution in [1.82, 2.24) is 5.32 Å². The molecule has 0 bridgehead atoms. The lowest BCUT2D eigenvalue weighted by Gasteiger charge is -1.99. The molecule has 0 aromatic heterocycles. The van der Waals surface area contributed by atoms with Crippen LogP contribution >= 0.6 is 23.8 Å². The Kier molecular flexibility index (Phi) is 5.57. The Morgan fingerprint density at radius 3 is 3.00 bits per heavy atom. The quantitative estimate of drug-likeness (QED) is 0.672. The van der Waals surface area contributed by atoms with Crippen LogP contribution in [0.2, 0.25) is 5.02 Å². The Bertz CT molecular complexity index is 493. The maximum absolute atomic E-state index is 10.6. The van der Waals surface area contributed by atoms with Gasteiger partial charge >= 0.3 is 0 Å². The van der Waals surface area contributed by atoms with Gasteiger partial charge < -0.3 is 5.32 Å². The normalized spacial score (nSPS) is 10.0. The van der Waals surface area contributed by atoms with E-state index in [1.165, 1.54) is 6.92 Å². The predicted octanol–water partition coefficient (Wildman–Crippen LogP) is 3.22. The zero-order valence-electron chi connectivity index (χ0n) is 9.24. The largest absolute Gasteiger partial charge is 0.353 e. The van der Waals surface area contributed by atoms with Crippen LogP contribution in [0.5, 0.6) is 0 Å². The van der Waals surface area contributed by atoms with Crippen molar-refractivity contribution in [2.24, 2.45) is 4.99 Å². The smallest absolute Gasteiger partial charge is 0.217 e. The molecule has 0 fully saturated rings. The fourth-order valence-corrected chi connectivity index (χ4v) is 1.49. The molecule has 1 rings (SSSR count). The minimum Gasteiger partial charge on any atom is -0.353 e. The van der Waals surface area contributed by atoms with Crippen LogP contribution in [0.25, 0.3) is 6.08 Å². The van der Waals surface area contributed by atoms with Crippen molar-refractivity contribution in [1.29, 1.82) is 0 Å². The van der Waals surface area contributed by atoms with Crippen molar-refractivity contribution in [3.8, 4) is 0 Å². The molecule has 3 nitrogen and oxygen atoms in total. The van der Waals surface area contributed by atoms with E-state index in [0.29, 0.717) is 17.3 Å². The second-order valence-electron chi connectivity index (χ2n) is 3.25. The van der Waals surface area contributed by atoms with Gasteiger partial charge in [-0.25, -0.2) is 0 Å². The molecule has 0 aliphatic rings. The van der Waals surface area contributed by atoms with Gasteiger partial charge in [-0.15, -0.1) is 0 Å². The summed E-state index contributed by atoms with van der Waals surface area (Å²) >= 11 is 10.5. The lowest BCUT2D eigenvalue weighted by molar-refractivity contribution is -0.118. The van der Waals surface area contributed by atoms with Crippen molar-refractivity contribution in [2.75, 3.05) is 6.54 Å². The molecular formula is C12H11ClN2OS. The van der Waals surface area contributed by atoms with Gasteiger partial charge in [-0.3, -0.25) is 4.79 Å². The lowest BCUT2D eigenvalue weighted by atomic mass is 10.2. The topological polar surface area (TPSA) is 41.5 Å². The van der Waals surface area contributed by atoms with Crippen molar-refractivity contribution in [3.05, 3.63) is 34.9 Å². The zero-order valence-corrected chi connectivity index (χ0v) is 10.8. The summed E-state index contributed by atoms with van der Waals surface area (Å²) in [5, 5.41) is 5.45. The number of amides is 1. The van der Waals surface area contributed by atoms with Crippen molar-refractivity contribution < 1.29 is 4.79 Å². The Labute approximate surface area is 110 Å². The van der Waals surface area contributed by atoms with Crippen LogP contribution in [0.3, 0.4) is 0 Å². The van der Waals surface area contributed by atoms with Crippen LogP contribution in [0, 0.1) is 0 Å². The van der Waals surface area contributed by atoms with Crippen LogP contribution in [-0.4, -0.2) is 17.6 Å². The number of benzene rings is 1. The minimum atomic E-state index is -0.0571. The number of aliphatic imine (C=N–C) groups is 1. The molecule has 5 heteroatoms. The maximum atomic E-state index is 10.6. The number of nitrogens with zero attached hydrogens (tertiary/aromatic N) is 1. The third kappa shape index (κ3) is 4.91. The van der Waals surface area contributed by atoms with Crippen molar-refractivity contribution in [3.63, 3.8) is 0 Å². The summed E-state index contributed by atoms with van der Waals surface area (Å²) in [6.45, 7) is 1.97. The molecule has 0 aliphatic carbocycles. The number of isothiocyanates is 1. The number of halogens is 1. The van der Waals surface area contributed by atoms with E-state index in [0.717, 1.165) is 5.56 Å². The zero-order chi connectivity index (χ0) is 12.7. The molecule has 0 saturated carbocycles. The molecule has 0 unspecified atom stereocenters. The van der Waals surface area contributed by atoms with Crippen LogP contribution < -0.4 is 5.32 Å². The van der Waals surface area contributed by atoms with E-state index >= 15 is 0 Å². The number of rotatable bonds is 4. The molecule has 0 aliphatic heterocycles. The first-order valence-corrected chi connectivity index (χ1v) is 5.70. The van der Waals surface area contributed by atoms with Gasteiger partial charge in [0.2, 0.25) is 5.91 Å². The van der Waals surface area contributed by atoms with Crippen LogP contribution in [0.4, 0.5) is 5.69 Å². The van der Waals surface area contributed by atoms with E-state index in [-0.39, 0.29) is 5.91 Å². The highest BCUT2D eigenvalue weighted by atomic mass is 35.5. The summed E-state index contributed by atoms with van der Waals surface area (Å²) in [6.07, 6.45) is 3.71. The van der Waals surface area contributed by atoms with Gasteiger partial charge in [-0.05, 0) is 29.9 Å². The highest BCUT2D eigenvalue weighted by Crippen LogP contribution is 2.25. The van der Waals surface area contributed by atoms with E-state index in [4.69, 9.17) is 11.6 Å². The summed E-state index contributed by atoms with van der Waals surface area (Å²) < 4.78 is 0. The Hall–Kier alpha value is -1.48. The fraction of sp³-hybridized carbons (Fsp3) is 0.167. The van der Waals surface area contributed by atoms with Gasteiger partial charge in [0, 0.05) is 13.5 Å². The van der Waals surface area contributed by atoms with Gasteiger partial charge in [0.15, 0.2) is 0 Å². The van der Waals surface area contributed by atoms with Crippen LogP contribution in [-0.2, 0) is 4.79 Å². The summed E-state index contributed by atoms with van der Waals surface area (Å²) in [6, 6.07) is 5.40. The number of thiocarbonyl (C=S) groups is 1. The second kappa shape index (κ2) is 6.97. The van der Waals surface area contributed by atoms with Crippen LogP contribution in [0.1, 0.15) is 12.5 Å². The molecule has 1 aromatic rings. The monoisotopic (exact) mass is 266 g/mol. The summed E-state index contributed by atoms with van der Waals surface area (Å²) in [7, 11) is 0. The molecule has 0 heterocycles. The summed E-state index contributed by atoms with van der Waals surface area (Å²) in [4.78, 5) is 14.4. The maximum Gasteiger partial charge on any atom is 0.217 e. The molecule has 17 heavy (non-hydrogen) atoms. The second-order valence-corrected chi connectivity index (χ2v) is 3.84. The minimum absolute atomic E-state index is 0.0571. The van der Waals surface area contributed by atoms with E-state index in [1.807, 2.05) is 18.2 Å². The van der Waals surface area contributed by atoms with Gasteiger partial charge in [0.1, 0.15) is 0 Å². The fourth-order valence-electron chi connectivity index (χ4n) is 1.16. The summed E-state index contributed by atoms with van der Waals surface area (Å²) in [5.74, 6) is -0.0571. The predicted molar refractivity (Wildman–Crippen MR) is 73.9 cm³/mol. The van der Waals surface area contributed by atoms with E-state index in [1.54, 1.807) is 12.1 Å². The first-order chi connectivity index (χ1) is 8.13. The molecule has 1 aromatic carbocycles. The first kappa shape index (κ1) is 13.6. The molecule has 0 atom stereocenters. The summed E-state index contributed by atoms with van der Waals surface area (Å²) in [5.41, 5.74) is 1.53. The molecule has 0 radical (unpaired) electrons. The molecule has 0 saturated heterocycles. The average Bonchev–Trinajstić information content (AvgIpc) is 2.28. The standard InChI is InChI=1S/C12H11ClN2OS/c1-9(16)14-6-2-3-10-4-5-12(15-8-17)11(13)7-10/h2-5,7H,6H2,1H3,(H,14,16). The van der Waals surface area contributed by atoms with E-state index in [9.17, 15) is 4.79 Å². The van der Waals surface area contributed by atoms with E-state index in [2.05, 4.69) is 27.7 Å². The van der Waals surface area contributed by atoms with E-state index < -0.39 is 0 Å². The number of hydrogen-bond acceptors (Lipinski definition) is 3. The molecule has 1 amide bonds. The molecule has 0 spiro atoms. The number of carbonyl (C=O) groups is 1. The highest BCUT2D eigenvalue weighted by molar-refractivity contribution is 7.78. The van der Waals surface area contributed by atoms with Gasteiger partial charge in [-0.2, -0.15) is 4.99 Å². The Morgan fingerprint density at radius 2 is 2.41 bits per heavy atom. The van der Waals surface area contributed by atoms with Gasteiger partial charge in [0.05, 0.1) is 15.9 Å². The first-order valence-electron chi connectivity index (χ1n) is 4.92. The third-order valence-electron chi connectivity index (χ3n) is 1.92. The number of carbonyl (C=O) groups excluding carboxylic acids is 1. The third-order valence-corrected chi connectivity index (χ3v) is 2.31. The van der Waals surface area contributed by atoms with Gasteiger partial charge in [-0.1, -0.05) is 29.8 Å². The van der Waals surface area contributed by atoms with Crippen molar-refractivity contribution >= 4 is 46.7 Å². The average molecular weight is 267 g/mol. The molecule has 88 valence electrons. The van der Waals surface area contributed by atoms with Crippen molar-refractivity contribution in [2.45, 2.75) is 6.92 Å². The molecule has 1 N–H and O–H groups in total. The van der Waals surface area contributed by atoms with Crippen LogP contribution in [0.15, 0.2) is 29.3 Å². The lowest BCUT2D eigenvalue weighted by Crippen LogP contribution is -2.19. The Morgan fingerprint density at radius 1 is 1.65 bits per heavy atom. The highest BCUT2D eigenvalue weighted by Gasteiger charge is 1.98. The SMILES string of the molecule is CC(=O)NCC=Cc1ccc(N=C=S)c(Cl)c1. The number of hydrogen-bond donors (Lipinski definition) is 1. The van der Waals surface area contributed by atoms with Gasteiger partial charge in [0.25, 0.3) is 0 Å². The Balaban J connectivity index is 2.70. The number of nitrogens with one attached hydrogen (secondary N) is 1.